The van der Waals surface area contributed by atoms with E-state index >= 15 is 0 Å². The van der Waals surface area contributed by atoms with Gasteiger partial charge in [-0.25, -0.2) is 0 Å². The molecule has 1 aliphatic carbocycles. The van der Waals surface area contributed by atoms with Crippen molar-refractivity contribution in [2.75, 3.05) is 25.0 Å². The average Bonchev–Trinajstić information content (AvgIpc) is 3.11. The lowest BCUT2D eigenvalue weighted by Gasteiger charge is -2.48. The van der Waals surface area contributed by atoms with E-state index in [1.165, 1.54) is 70.0 Å². The molecule has 0 spiro atoms. The summed E-state index contributed by atoms with van der Waals surface area (Å²) in [7, 11) is 0. The van der Waals surface area contributed by atoms with E-state index in [1.807, 2.05) is 0 Å². The number of hydrogen-bond donors (Lipinski definition) is 1. The quantitative estimate of drug-likeness (QED) is 0.923. The van der Waals surface area contributed by atoms with Crippen molar-refractivity contribution in [3.8, 4) is 0 Å². The fraction of sp³-hybridized carbons (Fsp3) is 0.737. The molecule has 1 aliphatic heterocycles. The number of nitrogens with zero attached hydrogens (tertiary/aromatic N) is 5. The molecule has 0 unspecified atom stereocenters. The summed E-state index contributed by atoms with van der Waals surface area (Å²) >= 11 is 0. The fourth-order valence-electron chi connectivity index (χ4n) is 4.70. The molecule has 0 amide bonds. The zero-order valence-electron chi connectivity index (χ0n) is 15.6. The molecule has 1 N–H and O–H groups in total. The summed E-state index contributed by atoms with van der Waals surface area (Å²) < 4.78 is 1.79. The first-order chi connectivity index (χ1) is 12.2. The molecule has 0 bridgehead atoms. The highest BCUT2D eigenvalue weighted by molar-refractivity contribution is 5.71. The van der Waals surface area contributed by atoms with Crippen LogP contribution in [0.2, 0.25) is 0 Å². The van der Waals surface area contributed by atoms with E-state index in [0.717, 1.165) is 23.6 Å². The van der Waals surface area contributed by atoms with Gasteiger partial charge in [0.05, 0.1) is 11.4 Å². The maximum Gasteiger partial charge on any atom is 0.200 e. The van der Waals surface area contributed by atoms with E-state index < -0.39 is 0 Å². The molecule has 4 rings (SSSR count). The Morgan fingerprint density at radius 1 is 1.04 bits per heavy atom. The molecule has 25 heavy (non-hydrogen) atoms. The first-order valence-corrected chi connectivity index (χ1v) is 9.86. The van der Waals surface area contributed by atoms with Crippen molar-refractivity contribution in [3.05, 3.63) is 17.6 Å². The molecule has 1 saturated heterocycles. The van der Waals surface area contributed by atoms with Gasteiger partial charge in [0.2, 0.25) is 5.65 Å². The van der Waals surface area contributed by atoms with Gasteiger partial charge in [0.15, 0.2) is 0 Å². The number of rotatable bonds is 4. The molecule has 0 radical (unpaired) electrons. The SMILES string of the molecule is Cc1nn2cnnc2c(NCC2(N3CCCCC3)CCCCC2)c1C. The van der Waals surface area contributed by atoms with Gasteiger partial charge < -0.3 is 5.32 Å². The minimum Gasteiger partial charge on any atom is -0.380 e. The largest absolute Gasteiger partial charge is 0.380 e. The Morgan fingerprint density at radius 2 is 1.76 bits per heavy atom. The van der Waals surface area contributed by atoms with Crippen LogP contribution in [0.4, 0.5) is 5.69 Å². The first-order valence-electron chi connectivity index (χ1n) is 9.86. The van der Waals surface area contributed by atoms with Gasteiger partial charge in [-0.05, 0) is 58.2 Å². The third-order valence-electron chi connectivity index (χ3n) is 6.33. The summed E-state index contributed by atoms with van der Waals surface area (Å²) in [6.45, 7) is 7.71. The Morgan fingerprint density at radius 3 is 2.52 bits per heavy atom. The maximum absolute atomic E-state index is 4.54. The third-order valence-corrected chi connectivity index (χ3v) is 6.33. The molecule has 3 heterocycles. The van der Waals surface area contributed by atoms with Crippen molar-refractivity contribution in [1.82, 2.24) is 24.7 Å². The van der Waals surface area contributed by atoms with Crippen LogP contribution in [0.25, 0.3) is 5.65 Å². The zero-order valence-corrected chi connectivity index (χ0v) is 15.6. The molecule has 2 aromatic heterocycles. The van der Waals surface area contributed by atoms with Gasteiger partial charge in [-0.1, -0.05) is 25.7 Å². The van der Waals surface area contributed by atoms with Gasteiger partial charge in [0, 0.05) is 12.1 Å². The molecule has 2 aliphatic rings. The average molecular weight is 342 g/mol. The molecule has 0 aromatic carbocycles. The summed E-state index contributed by atoms with van der Waals surface area (Å²) in [4.78, 5) is 2.78. The van der Waals surface area contributed by atoms with Crippen molar-refractivity contribution in [1.29, 1.82) is 0 Å². The highest BCUT2D eigenvalue weighted by Gasteiger charge is 2.38. The molecular formula is C19H30N6. The summed E-state index contributed by atoms with van der Waals surface area (Å²) in [5, 5.41) is 16.7. The summed E-state index contributed by atoms with van der Waals surface area (Å²) in [6.07, 6.45) is 12.5. The minimum atomic E-state index is 0.305. The Labute approximate surface area is 150 Å². The molecule has 2 aromatic rings. The number of hydrogen-bond acceptors (Lipinski definition) is 5. The normalized spacial score (nSPS) is 21.5. The van der Waals surface area contributed by atoms with E-state index in [4.69, 9.17) is 0 Å². The van der Waals surface area contributed by atoms with Gasteiger partial charge in [0.25, 0.3) is 0 Å². The van der Waals surface area contributed by atoms with E-state index in [0.29, 0.717) is 5.54 Å². The minimum absolute atomic E-state index is 0.305. The molecule has 0 atom stereocenters. The Kier molecular flexibility index (Phi) is 4.63. The Hall–Kier alpha value is -1.69. The van der Waals surface area contributed by atoms with Gasteiger partial charge >= 0.3 is 0 Å². The predicted molar refractivity (Wildman–Crippen MR) is 100.0 cm³/mol. The zero-order chi connectivity index (χ0) is 17.3. The van der Waals surface area contributed by atoms with Crippen LogP contribution < -0.4 is 5.32 Å². The van der Waals surface area contributed by atoms with Crippen molar-refractivity contribution in [3.63, 3.8) is 0 Å². The molecule has 136 valence electrons. The number of likely N-dealkylation sites (tertiary alicyclic amines) is 1. The number of piperidine rings is 1. The van der Waals surface area contributed by atoms with Crippen LogP contribution in [-0.4, -0.2) is 49.9 Å². The van der Waals surface area contributed by atoms with Crippen LogP contribution in [0.5, 0.6) is 0 Å². The maximum atomic E-state index is 4.54. The monoisotopic (exact) mass is 342 g/mol. The highest BCUT2D eigenvalue weighted by Crippen LogP contribution is 2.36. The van der Waals surface area contributed by atoms with E-state index in [1.54, 1.807) is 10.8 Å². The Bertz CT molecular complexity index is 725. The molecule has 1 saturated carbocycles. The molecular weight excluding hydrogens is 312 g/mol. The van der Waals surface area contributed by atoms with Crippen LogP contribution in [0, 0.1) is 13.8 Å². The lowest BCUT2D eigenvalue weighted by Crippen LogP contribution is -2.56. The number of nitrogens with one attached hydrogen (secondary N) is 1. The second kappa shape index (κ2) is 6.90. The van der Waals surface area contributed by atoms with Gasteiger partial charge in [-0.2, -0.15) is 9.61 Å². The molecule has 6 nitrogen and oxygen atoms in total. The van der Waals surface area contributed by atoms with Crippen molar-refractivity contribution < 1.29 is 0 Å². The number of fused-ring (bicyclic) bond motifs is 1. The fourth-order valence-corrected chi connectivity index (χ4v) is 4.70. The van der Waals surface area contributed by atoms with Crippen molar-refractivity contribution in [2.24, 2.45) is 0 Å². The summed E-state index contributed by atoms with van der Waals surface area (Å²) in [6, 6.07) is 0. The second-order valence-electron chi connectivity index (χ2n) is 7.87. The standard InChI is InChI=1S/C19H30N6/c1-15-16(2)23-25-14-21-22-18(25)17(15)20-13-19(9-5-3-6-10-19)24-11-7-4-8-12-24/h14,20H,3-13H2,1-2H3. The van der Waals surface area contributed by atoms with Crippen LogP contribution in [-0.2, 0) is 0 Å². The second-order valence-corrected chi connectivity index (χ2v) is 7.87. The van der Waals surface area contributed by atoms with Gasteiger partial charge in [0.1, 0.15) is 6.33 Å². The molecule has 6 heteroatoms. The smallest absolute Gasteiger partial charge is 0.200 e. The number of aryl methyl sites for hydroxylation is 1. The number of anilines is 1. The van der Waals surface area contributed by atoms with E-state index in [-0.39, 0.29) is 0 Å². The Balaban J connectivity index is 1.61. The molecule has 2 fully saturated rings. The topological polar surface area (TPSA) is 58.4 Å². The van der Waals surface area contributed by atoms with Crippen LogP contribution in [0.15, 0.2) is 6.33 Å². The van der Waals surface area contributed by atoms with E-state index in [2.05, 4.69) is 39.4 Å². The van der Waals surface area contributed by atoms with Crippen LogP contribution in [0.1, 0.15) is 62.6 Å². The lowest BCUT2D eigenvalue weighted by molar-refractivity contribution is 0.0437. The van der Waals surface area contributed by atoms with Gasteiger partial charge in [-0.3, -0.25) is 4.90 Å². The lowest BCUT2D eigenvalue weighted by atomic mass is 9.79. The third kappa shape index (κ3) is 3.12. The summed E-state index contributed by atoms with van der Waals surface area (Å²) in [5.74, 6) is 0. The number of aromatic nitrogens is 4. The van der Waals surface area contributed by atoms with Crippen LogP contribution in [0.3, 0.4) is 0 Å². The predicted octanol–water partition coefficient (Wildman–Crippen LogP) is 3.34. The van der Waals surface area contributed by atoms with Crippen molar-refractivity contribution >= 4 is 11.3 Å². The highest BCUT2D eigenvalue weighted by atomic mass is 15.4. The first kappa shape index (κ1) is 16.8. The van der Waals surface area contributed by atoms with E-state index in [9.17, 15) is 0 Å². The summed E-state index contributed by atoms with van der Waals surface area (Å²) in [5.41, 5.74) is 4.47. The van der Waals surface area contributed by atoms with Gasteiger partial charge in [-0.15, -0.1) is 10.2 Å². The van der Waals surface area contributed by atoms with Crippen LogP contribution >= 0.6 is 0 Å². The van der Waals surface area contributed by atoms with Crippen molar-refractivity contribution in [2.45, 2.75) is 70.8 Å².